The van der Waals surface area contributed by atoms with E-state index >= 15 is 0 Å². The standard InChI is InChI=1S/C16H26O4/c1-5-8-19-14-7-6-13(10-17)15(9-14)20-11-16(4,18)12(2)3/h6-7,9,12,17-18H,5,8,10-11H2,1-4H3. The second kappa shape index (κ2) is 7.50. The SMILES string of the molecule is CCCOc1ccc(CO)c(OCC(C)(O)C(C)C)c1. The lowest BCUT2D eigenvalue weighted by atomic mass is 9.94. The van der Waals surface area contributed by atoms with Crippen LogP contribution in [0.4, 0.5) is 0 Å². The minimum Gasteiger partial charge on any atom is -0.493 e. The molecule has 1 rings (SSSR count). The molecule has 114 valence electrons. The van der Waals surface area contributed by atoms with Crippen molar-refractivity contribution >= 4 is 0 Å². The molecular weight excluding hydrogens is 256 g/mol. The summed E-state index contributed by atoms with van der Waals surface area (Å²) in [4.78, 5) is 0. The fourth-order valence-corrected chi connectivity index (χ4v) is 1.50. The van der Waals surface area contributed by atoms with Crippen LogP contribution in [0.2, 0.25) is 0 Å². The number of ether oxygens (including phenoxy) is 2. The van der Waals surface area contributed by atoms with Crippen molar-refractivity contribution in [2.45, 2.75) is 46.3 Å². The Morgan fingerprint density at radius 2 is 1.95 bits per heavy atom. The maximum atomic E-state index is 10.2. The number of rotatable bonds is 8. The molecule has 0 aromatic heterocycles. The number of hydrogen-bond donors (Lipinski definition) is 2. The van der Waals surface area contributed by atoms with Gasteiger partial charge in [-0.2, -0.15) is 0 Å². The fraction of sp³-hybridized carbons (Fsp3) is 0.625. The van der Waals surface area contributed by atoms with E-state index in [0.717, 1.165) is 6.42 Å². The molecular formula is C16H26O4. The molecule has 0 amide bonds. The molecule has 0 radical (unpaired) electrons. The highest BCUT2D eigenvalue weighted by atomic mass is 16.5. The van der Waals surface area contributed by atoms with Gasteiger partial charge in [0, 0.05) is 11.6 Å². The van der Waals surface area contributed by atoms with Crippen molar-refractivity contribution in [1.29, 1.82) is 0 Å². The molecule has 1 aromatic rings. The largest absolute Gasteiger partial charge is 0.493 e. The van der Waals surface area contributed by atoms with Crippen LogP contribution >= 0.6 is 0 Å². The maximum absolute atomic E-state index is 10.2. The first-order valence-corrected chi connectivity index (χ1v) is 7.12. The highest BCUT2D eigenvalue weighted by molar-refractivity contribution is 5.40. The molecule has 0 aliphatic carbocycles. The highest BCUT2D eigenvalue weighted by Gasteiger charge is 2.26. The predicted molar refractivity (Wildman–Crippen MR) is 79.1 cm³/mol. The summed E-state index contributed by atoms with van der Waals surface area (Å²) in [6.45, 7) is 8.38. The van der Waals surface area contributed by atoms with Crippen molar-refractivity contribution < 1.29 is 19.7 Å². The summed E-state index contributed by atoms with van der Waals surface area (Å²) in [5.74, 6) is 1.35. The van der Waals surface area contributed by atoms with Crippen LogP contribution in [-0.2, 0) is 6.61 Å². The molecule has 0 aliphatic heterocycles. The molecule has 0 saturated carbocycles. The highest BCUT2D eigenvalue weighted by Crippen LogP contribution is 2.27. The van der Waals surface area contributed by atoms with Gasteiger partial charge in [-0.25, -0.2) is 0 Å². The zero-order chi connectivity index (χ0) is 15.2. The zero-order valence-electron chi connectivity index (χ0n) is 12.8. The molecule has 1 unspecified atom stereocenters. The van der Waals surface area contributed by atoms with E-state index in [2.05, 4.69) is 0 Å². The van der Waals surface area contributed by atoms with E-state index in [1.165, 1.54) is 0 Å². The lowest BCUT2D eigenvalue weighted by Crippen LogP contribution is -2.38. The van der Waals surface area contributed by atoms with Crippen molar-refractivity contribution in [3.8, 4) is 11.5 Å². The van der Waals surface area contributed by atoms with Crippen LogP contribution in [-0.4, -0.2) is 29.0 Å². The van der Waals surface area contributed by atoms with Crippen LogP contribution in [0.25, 0.3) is 0 Å². The fourth-order valence-electron chi connectivity index (χ4n) is 1.50. The minimum atomic E-state index is -0.910. The van der Waals surface area contributed by atoms with E-state index in [1.807, 2.05) is 26.8 Å². The Kier molecular flexibility index (Phi) is 6.30. The van der Waals surface area contributed by atoms with Crippen molar-refractivity contribution in [2.75, 3.05) is 13.2 Å². The first kappa shape index (κ1) is 16.8. The normalized spacial score (nSPS) is 14.2. The van der Waals surface area contributed by atoms with E-state index in [4.69, 9.17) is 9.47 Å². The summed E-state index contributed by atoms with van der Waals surface area (Å²) in [7, 11) is 0. The Hall–Kier alpha value is -1.26. The van der Waals surface area contributed by atoms with Gasteiger partial charge in [0.25, 0.3) is 0 Å². The molecule has 0 saturated heterocycles. The van der Waals surface area contributed by atoms with E-state index in [0.29, 0.717) is 23.7 Å². The quantitative estimate of drug-likeness (QED) is 0.769. The molecule has 1 atom stereocenters. The van der Waals surface area contributed by atoms with Gasteiger partial charge in [0.05, 0.1) is 18.8 Å². The molecule has 4 heteroatoms. The third-order valence-electron chi connectivity index (χ3n) is 3.45. The molecule has 1 aromatic carbocycles. The molecule has 2 N–H and O–H groups in total. The number of benzene rings is 1. The van der Waals surface area contributed by atoms with Crippen molar-refractivity contribution in [3.05, 3.63) is 23.8 Å². The smallest absolute Gasteiger partial charge is 0.128 e. The Morgan fingerprint density at radius 1 is 1.25 bits per heavy atom. The molecule has 0 bridgehead atoms. The molecule has 0 fully saturated rings. The van der Waals surface area contributed by atoms with Crippen molar-refractivity contribution in [1.82, 2.24) is 0 Å². The zero-order valence-corrected chi connectivity index (χ0v) is 12.8. The third-order valence-corrected chi connectivity index (χ3v) is 3.45. The van der Waals surface area contributed by atoms with Crippen molar-refractivity contribution in [3.63, 3.8) is 0 Å². The second-order valence-corrected chi connectivity index (χ2v) is 5.58. The lowest BCUT2D eigenvalue weighted by molar-refractivity contribution is -0.0271. The van der Waals surface area contributed by atoms with Crippen LogP contribution < -0.4 is 9.47 Å². The Balaban J connectivity index is 2.80. The Morgan fingerprint density at radius 3 is 2.50 bits per heavy atom. The average molecular weight is 282 g/mol. The van der Waals surface area contributed by atoms with Gasteiger partial charge >= 0.3 is 0 Å². The van der Waals surface area contributed by atoms with Crippen molar-refractivity contribution in [2.24, 2.45) is 5.92 Å². The van der Waals surface area contributed by atoms with Crippen LogP contribution in [0.1, 0.15) is 39.7 Å². The van der Waals surface area contributed by atoms with Gasteiger partial charge in [0.1, 0.15) is 18.1 Å². The van der Waals surface area contributed by atoms with Gasteiger partial charge in [-0.05, 0) is 31.4 Å². The molecule has 20 heavy (non-hydrogen) atoms. The van der Waals surface area contributed by atoms with Crippen LogP contribution in [0, 0.1) is 5.92 Å². The topological polar surface area (TPSA) is 58.9 Å². The molecule has 0 heterocycles. The first-order valence-electron chi connectivity index (χ1n) is 7.12. The van der Waals surface area contributed by atoms with E-state index < -0.39 is 5.60 Å². The summed E-state index contributed by atoms with van der Waals surface area (Å²) >= 11 is 0. The number of aliphatic hydroxyl groups is 2. The maximum Gasteiger partial charge on any atom is 0.128 e. The Labute approximate surface area is 121 Å². The summed E-state index contributed by atoms with van der Waals surface area (Å²) in [6, 6.07) is 5.36. The van der Waals surface area contributed by atoms with Crippen LogP contribution in [0.5, 0.6) is 11.5 Å². The summed E-state index contributed by atoms with van der Waals surface area (Å²) < 4.78 is 11.2. The van der Waals surface area contributed by atoms with E-state index in [-0.39, 0.29) is 19.1 Å². The summed E-state index contributed by atoms with van der Waals surface area (Å²) in [5.41, 5.74) is -0.221. The third kappa shape index (κ3) is 4.69. The first-order chi connectivity index (χ1) is 9.40. The lowest BCUT2D eigenvalue weighted by Gasteiger charge is -2.28. The number of aliphatic hydroxyl groups excluding tert-OH is 1. The second-order valence-electron chi connectivity index (χ2n) is 5.58. The van der Waals surface area contributed by atoms with Gasteiger partial charge < -0.3 is 19.7 Å². The van der Waals surface area contributed by atoms with Gasteiger partial charge in [-0.3, -0.25) is 0 Å². The molecule has 4 nitrogen and oxygen atoms in total. The summed E-state index contributed by atoms with van der Waals surface area (Å²) in [6.07, 6.45) is 0.931. The van der Waals surface area contributed by atoms with Gasteiger partial charge in [0.2, 0.25) is 0 Å². The Bertz CT molecular complexity index is 413. The predicted octanol–water partition coefficient (Wildman–Crippen LogP) is 2.75. The monoisotopic (exact) mass is 282 g/mol. The van der Waals surface area contributed by atoms with Gasteiger partial charge in [-0.15, -0.1) is 0 Å². The van der Waals surface area contributed by atoms with Crippen LogP contribution in [0.3, 0.4) is 0 Å². The van der Waals surface area contributed by atoms with Gasteiger partial charge in [-0.1, -0.05) is 20.8 Å². The van der Waals surface area contributed by atoms with E-state index in [1.54, 1.807) is 19.1 Å². The minimum absolute atomic E-state index is 0.0830. The van der Waals surface area contributed by atoms with E-state index in [9.17, 15) is 10.2 Å². The molecule has 0 aliphatic rings. The average Bonchev–Trinajstić information content (AvgIpc) is 2.42. The van der Waals surface area contributed by atoms with Crippen LogP contribution in [0.15, 0.2) is 18.2 Å². The number of hydrogen-bond acceptors (Lipinski definition) is 4. The van der Waals surface area contributed by atoms with Gasteiger partial charge in [0.15, 0.2) is 0 Å². The molecule has 0 spiro atoms. The summed E-state index contributed by atoms with van der Waals surface area (Å²) in [5, 5.41) is 19.5.